The summed E-state index contributed by atoms with van der Waals surface area (Å²) in [6.07, 6.45) is 6.23. The van der Waals surface area contributed by atoms with E-state index in [1.807, 2.05) is 0 Å². The van der Waals surface area contributed by atoms with Crippen LogP contribution in [0.5, 0.6) is 0 Å². The van der Waals surface area contributed by atoms with Crippen molar-refractivity contribution in [3.05, 3.63) is 51.4 Å². The Morgan fingerprint density at radius 1 is 1.03 bits per heavy atom. The number of unbranched alkanes of at least 4 members (excludes halogenated alkanes) is 2. The molecule has 1 aromatic carbocycles. The molecule has 0 bridgehead atoms. The Bertz CT molecular complexity index is 1090. The van der Waals surface area contributed by atoms with Gasteiger partial charge in [0.1, 0.15) is 5.00 Å². The normalized spacial score (nSPS) is 14.6. The Morgan fingerprint density at radius 2 is 1.74 bits per heavy atom. The molecule has 4 rings (SSSR count). The van der Waals surface area contributed by atoms with Crippen LogP contribution in [-0.2, 0) is 22.4 Å². The summed E-state index contributed by atoms with van der Waals surface area (Å²) >= 11 is 1.51. The number of carbonyl (C=O) groups excluding carboxylic acids is 4. The molecule has 0 spiro atoms. The summed E-state index contributed by atoms with van der Waals surface area (Å²) in [7, 11) is 1.59. The average Bonchev–Trinajstić information content (AvgIpc) is 3.34. The Balaban J connectivity index is 1.27. The number of hydrogen-bond donors (Lipinski definition) is 2. The lowest BCUT2D eigenvalue weighted by Gasteiger charge is -2.14. The first-order valence-electron chi connectivity index (χ1n) is 12.2. The Hall–Kier alpha value is -3.04. The van der Waals surface area contributed by atoms with E-state index in [-0.39, 0.29) is 23.6 Å². The van der Waals surface area contributed by atoms with Crippen LogP contribution in [0.15, 0.2) is 24.3 Å². The number of benzene rings is 1. The van der Waals surface area contributed by atoms with Crippen LogP contribution in [0, 0.1) is 0 Å². The maximum Gasteiger partial charge on any atom is 0.261 e. The molecule has 1 aromatic heterocycles. The van der Waals surface area contributed by atoms with Gasteiger partial charge in [-0.2, -0.15) is 0 Å². The molecule has 2 aromatic rings. The van der Waals surface area contributed by atoms with Gasteiger partial charge in [-0.25, -0.2) is 0 Å². The van der Waals surface area contributed by atoms with E-state index in [1.165, 1.54) is 21.1 Å². The van der Waals surface area contributed by atoms with E-state index in [4.69, 9.17) is 4.74 Å². The number of carbonyl (C=O) groups is 4. The smallest absolute Gasteiger partial charge is 0.261 e. The SMILES string of the molecule is COCCNC(=O)c1c(NC(=O)CCCCCN2C(=O)c3ccccc3C2=O)sc2c1CCCC2. The molecule has 0 fully saturated rings. The first-order chi connectivity index (χ1) is 17.0. The van der Waals surface area contributed by atoms with Gasteiger partial charge in [-0.15, -0.1) is 11.3 Å². The van der Waals surface area contributed by atoms with Gasteiger partial charge in [0.05, 0.1) is 23.3 Å². The lowest BCUT2D eigenvalue weighted by molar-refractivity contribution is -0.116. The maximum atomic E-state index is 12.8. The highest BCUT2D eigenvalue weighted by Gasteiger charge is 2.34. The predicted molar refractivity (Wildman–Crippen MR) is 134 cm³/mol. The second-order valence-corrected chi connectivity index (χ2v) is 9.94. The van der Waals surface area contributed by atoms with Crippen LogP contribution >= 0.6 is 11.3 Å². The molecule has 2 N–H and O–H groups in total. The van der Waals surface area contributed by atoms with Gasteiger partial charge in [0.2, 0.25) is 5.91 Å². The summed E-state index contributed by atoms with van der Waals surface area (Å²) in [5.74, 6) is -0.796. The van der Waals surface area contributed by atoms with Crippen molar-refractivity contribution in [2.75, 3.05) is 32.1 Å². The minimum absolute atomic E-state index is 0.129. The van der Waals surface area contributed by atoms with Crippen LogP contribution in [0.1, 0.15) is 80.0 Å². The number of thiophene rings is 1. The number of nitrogens with zero attached hydrogens (tertiary/aromatic N) is 1. The molecule has 35 heavy (non-hydrogen) atoms. The minimum atomic E-state index is -0.249. The van der Waals surface area contributed by atoms with Gasteiger partial charge in [0.15, 0.2) is 0 Å². The molecule has 0 saturated carbocycles. The summed E-state index contributed by atoms with van der Waals surface area (Å²) in [5, 5.41) is 6.48. The molecule has 2 heterocycles. The van der Waals surface area contributed by atoms with E-state index in [0.717, 1.165) is 31.2 Å². The molecule has 9 heteroatoms. The highest BCUT2D eigenvalue weighted by Crippen LogP contribution is 2.38. The molecule has 4 amide bonds. The van der Waals surface area contributed by atoms with Crippen LogP contribution in [0.2, 0.25) is 0 Å². The van der Waals surface area contributed by atoms with Crippen molar-refractivity contribution in [3.63, 3.8) is 0 Å². The molecule has 1 aliphatic carbocycles. The standard InChI is InChI=1S/C26H31N3O5S/c1-34-16-14-27-23(31)22-19-11-6-7-12-20(19)35-24(22)28-21(30)13-3-2-8-15-29-25(32)17-9-4-5-10-18(17)26(29)33/h4-5,9-10H,2-3,6-8,11-16H2,1H3,(H,27,31)(H,28,30). The molecule has 8 nitrogen and oxygen atoms in total. The Labute approximate surface area is 209 Å². The quantitative estimate of drug-likeness (QED) is 0.363. The van der Waals surface area contributed by atoms with Crippen LogP contribution in [0.3, 0.4) is 0 Å². The zero-order valence-corrected chi connectivity index (χ0v) is 20.8. The fourth-order valence-corrected chi connectivity index (χ4v) is 5.92. The highest BCUT2D eigenvalue weighted by molar-refractivity contribution is 7.17. The second kappa shape index (κ2) is 11.6. The average molecular weight is 498 g/mol. The van der Waals surface area contributed by atoms with E-state index in [0.29, 0.717) is 67.1 Å². The van der Waals surface area contributed by atoms with E-state index in [9.17, 15) is 19.2 Å². The highest BCUT2D eigenvalue weighted by atomic mass is 32.1. The van der Waals surface area contributed by atoms with Gasteiger partial charge in [0, 0.05) is 31.5 Å². The molecule has 0 saturated heterocycles. The number of imide groups is 1. The number of nitrogens with one attached hydrogen (secondary N) is 2. The number of ether oxygens (including phenoxy) is 1. The Morgan fingerprint density at radius 3 is 2.46 bits per heavy atom. The van der Waals surface area contributed by atoms with E-state index < -0.39 is 0 Å². The minimum Gasteiger partial charge on any atom is -0.383 e. The van der Waals surface area contributed by atoms with Gasteiger partial charge >= 0.3 is 0 Å². The maximum absolute atomic E-state index is 12.8. The van der Waals surface area contributed by atoms with Crippen molar-refractivity contribution in [1.82, 2.24) is 10.2 Å². The van der Waals surface area contributed by atoms with E-state index >= 15 is 0 Å². The molecule has 2 aliphatic rings. The first-order valence-corrected chi connectivity index (χ1v) is 13.0. The number of anilines is 1. The van der Waals surface area contributed by atoms with Crippen molar-refractivity contribution < 1.29 is 23.9 Å². The summed E-state index contributed by atoms with van der Waals surface area (Å²) in [5.41, 5.74) is 2.57. The first kappa shape index (κ1) is 25.1. The molecule has 0 radical (unpaired) electrons. The van der Waals surface area contributed by atoms with E-state index in [2.05, 4.69) is 10.6 Å². The van der Waals surface area contributed by atoms with Gasteiger partial charge in [-0.3, -0.25) is 24.1 Å². The van der Waals surface area contributed by atoms with Gasteiger partial charge in [-0.05, 0) is 56.2 Å². The van der Waals surface area contributed by atoms with Crippen LogP contribution < -0.4 is 10.6 Å². The molecular formula is C26H31N3O5S. The lowest BCUT2D eigenvalue weighted by atomic mass is 9.95. The fraction of sp³-hybridized carbons (Fsp3) is 0.462. The molecule has 186 valence electrons. The Kier molecular flexibility index (Phi) is 8.30. The third-order valence-electron chi connectivity index (χ3n) is 6.41. The third kappa shape index (κ3) is 5.62. The summed E-state index contributed by atoms with van der Waals surface area (Å²) < 4.78 is 5.02. The molecule has 1 aliphatic heterocycles. The topological polar surface area (TPSA) is 105 Å². The number of amides is 4. The molecular weight excluding hydrogens is 466 g/mol. The van der Waals surface area contributed by atoms with Gasteiger partial charge in [0.25, 0.3) is 17.7 Å². The third-order valence-corrected chi connectivity index (χ3v) is 7.61. The number of fused-ring (bicyclic) bond motifs is 2. The molecule has 0 atom stereocenters. The van der Waals surface area contributed by atoms with Crippen LogP contribution in [0.4, 0.5) is 5.00 Å². The van der Waals surface area contributed by atoms with Gasteiger partial charge < -0.3 is 15.4 Å². The number of hydrogen-bond acceptors (Lipinski definition) is 6. The summed E-state index contributed by atoms with van der Waals surface area (Å²) in [6.45, 7) is 1.19. The summed E-state index contributed by atoms with van der Waals surface area (Å²) in [6, 6.07) is 6.86. The van der Waals surface area contributed by atoms with Crippen LogP contribution in [-0.4, -0.2) is 55.3 Å². The fourth-order valence-electron chi connectivity index (χ4n) is 4.61. The monoisotopic (exact) mass is 497 g/mol. The number of rotatable bonds is 11. The molecule has 0 unspecified atom stereocenters. The second-order valence-electron chi connectivity index (χ2n) is 8.83. The van der Waals surface area contributed by atoms with Crippen molar-refractivity contribution in [2.24, 2.45) is 0 Å². The zero-order valence-electron chi connectivity index (χ0n) is 20.0. The largest absolute Gasteiger partial charge is 0.383 e. The van der Waals surface area contributed by atoms with Crippen molar-refractivity contribution in [1.29, 1.82) is 0 Å². The number of methoxy groups -OCH3 is 1. The van der Waals surface area contributed by atoms with Gasteiger partial charge in [-0.1, -0.05) is 18.6 Å². The van der Waals surface area contributed by atoms with Crippen molar-refractivity contribution in [2.45, 2.75) is 51.4 Å². The van der Waals surface area contributed by atoms with Crippen molar-refractivity contribution >= 4 is 40.0 Å². The lowest BCUT2D eigenvalue weighted by Crippen LogP contribution is -2.30. The zero-order chi connectivity index (χ0) is 24.8. The van der Waals surface area contributed by atoms with Crippen molar-refractivity contribution in [3.8, 4) is 0 Å². The number of aryl methyl sites for hydroxylation is 1. The predicted octanol–water partition coefficient (Wildman–Crippen LogP) is 3.80. The summed E-state index contributed by atoms with van der Waals surface area (Å²) in [4.78, 5) is 52.8. The van der Waals surface area contributed by atoms with Crippen LogP contribution in [0.25, 0.3) is 0 Å². The van der Waals surface area contributed by atoms with E-state index in [1.54, 1.807) is 31.4 Å².